The van der Waals surface area contributed by atoms with Crippen LogP contribution in [0.25, 0.3) is 0 Å². The predicted octanol–water partition coefficient (Wildman–Crippen LogP) is 3.86. The minimum absolute atomic E-state index is 0.0498. The first-order valence-electron chi connectivity index (χ1n) is 5.46. The van der Waals surface area contributed by atoms with E-state index in [4.69, 9.17) is 39.9 Å². The van der Waals surface area contributed by atoms with Crippen molar-refractivity contribution in [2.45, 2.75) is 39.0 Å². The van der Waals surface area contributed by atoms with Crippen LogP contribution in [0.5, 0.6) is 0 Å². The van der Waals surface area contributed by atoms with Crippen LogP contribution in [0.4, 0.5) is 0 Å². The third-order valence-electron chi connectivity index (χ3n) is 1.51. The molecule has 110 valence electrons. The number of ether oxygens (including phenoxy) is 1. The first-order chi connectivity index (χ1) is 8.49. The molecule has 7 heteroatoms. The van der Waals surface area contributed by atoms with Crippen molar-refractivity contribution in [3.63, 3.8) is 0 Å². The van der Waals surface area contributed by atoms with E-state index in [9.17, 15) is 9.59 Å². The summed E-state index contributed by atoms with van der Waals surface area (Å²) in [4.78, 5) is 20.0. The Morgan fingerprint density at radius 2 is 1.61 bits per heavy atom. The molecule has 0 saturated carbocycles. The largest absolute Gasteiger partial charge is 0.481 e. The smallest absolute Gasteiger partial charge is 0.306 e. The van der Waals surface area contributed by atoms with E-state index in [1.165, 1.54) is 26.4 Å². The van der Waals surface area contributed by atoms with E-state index in [1.54, 1.807) is 0 Å². The Morgan fingerprint density at radius 1 is 1.11 bits per heavy atom. The van der Waals surface area contributed by atoms with Crippen LogP contribution < -0.4 is 0 Å². The van der Waals surface area contributed by atoms with Crippen LogP contribution >= 0.6 is 34.8 Å². The van der Waals surface area contributed by atoms with Gasteiger partial charge in [0.2, 0.25) is 0 Å². The van der Waals surface area contributed by atoms with Crippen LogP contribution in [0.15, 0.2) is 0 Å². The van der Waals surface area contributed by atoms with Gasteiger partial charge in [-0.1, -0.05) is 19.8 Å². The van der Waals surface area contributed by atoms with Crippen molar-refractivity contribution < 1.29 is 19.4 Å². The summed E-state index contributed by atoms with van der Waals surface area (Å²) in [6.45, 7) is 2.17. The molecule has 4 nitrogen and oxygen atoms in total. The zero-order valence-electron chi connectivity index (χ0n) is 10.8. The lowest BCUT2D eigenvalue weighted by Gasteiger charge is -1.92. The first kappa shape index (κ1) is 22.9. The highest BCUT2D eigenvalue weighted by molar-refractivity contribution is 6.40. The number of hydrogen-bond acceptors (Lipinski definition) is 3. The van der Waals surface area contributed by atoms with Gasteiger partial charge in [-0.25, -0.2) is 0 Å². The fourth-order valence-electron chi connectivity index (χ4n) is 0.656. The van der Waals surface area contributed by atoms with Gasteiger partial charge in [0, 0.05) is 5.88 Å². The Kier molecular flexibility index (Phi) is 28.1. The van der Waals surface area contributed by atoms with Gasteiger partial charge in [0.05, 0.1) is 25.3 Å². The third-order valence-corrected chi connectivity index (χ3v) is 1.78. The monoisotopic (exact) mass is 322 g/mol. The molecule has 0 rings (SSSR count). The lowest BCUT2D eigenvalue weighted by Crippen LogP contribution is -2.04. The Morgan fingerprint density at radius 3 is 1.83 bits per heavy atom. The van der Waals surface area contributed by atoms with E-state index in [2.05, 4.69) is 11.7 Å². The fourth-order valence-corrected chi connectivity index (χ4v) is 0.845. The summed E-state index contributed by atoms with van der Waals surface area (Å²) in [5.41, 5.74) is 0. The molecule has 0 atom stereocenters. The minimum Gasteiger partial charge on any atom is -0.481 e. The topological polar surface area (TPSA) is 63.6 Å². The molecule has 1 N–H and O–H groups in total. The van der Waals surface area contributed by atoms with Crippen molar-refractivity contribution in [1.82, 2.24) is 0 Å². The van der Waals surface area contributed by atoms with Gasteiger partial charge in [-0.3, -0.25) is 9.59 Å². The van der Waals surface area contributed by atoms with Crippen LogP contribution in [0.3, 0.4) is 0 Å². The second kappa shape index (κ2) is 22.0. The average Bonchev–Trinajstić information content (AvgIpc) is 2.35. The van der Waals surface area contributed by atoms with Gasteiger partial charge >= 0.3 is 11.9 Å². The number of carbonyl (C=O) groups is 2. The van der Waals surface area contributed by atoms with Gasteiger partial charge in [0.15, 0.2) is 0 Å². The summed E-state index contributed by atoms with van der Waals surface area (Å²) in [6, 6.07) is 0. The Bertz CT molecular complexity index is 185. The second-order valence-corrected chi connectivity index (χ2v) is 4.15. The van der Waals surface area contributed by atoms with Gasteiger partial charge < -0.3 is 9.84 Å². The molecule has 0 aliphatic rings. The molecule has 0 amide bonds. The molecule has 0 aromatic heterocycles. The number of alkyl halides is 3. The Hall–Kier alpha value is -0.190. The van der Waals surface area contributed by atoms with E-state index < -0.39 is 11.9 Å². The number of halogens is 3. The van der Waals surface area contributed by atoms with Crippen molar-refractivity contribution in [3.05, 3.63) is 0 Å². The number of aliphatic carboxylic acids is 1. The Labute approximate surface area is 124 Å². The van der Waals surface area contributed by atoms with Gasteiger partial charge in [0.25, 0.3) is 0 Å². The number of carboxylic acid groups (broad SMARTS) is 1. The molecule has 0 saturated heterocycles. The standard InChI is InChI=1S/C5H11Cl.C5H8O4.CH2Cl2/c1-2-3-4-5-6;1-9-5(8)3-2-4(6)7;2-1-3/h2-5H2,1H3;2-3H2,1H3,(H,6,7);1H2. The molecule has 0 radical (unpaired) electrons. The molecule has 0 aliphatic carbocycles. The molecule has 0 spiro atoms. The zero-order valence-corrected chi connectivity index (χ0v) is 13.0. The highest BCUT2D eigenvalue weighted by Crippen LogP contribution is 1.93. The van der Waals surface area contributed by atoms with Crippen LogP contribution in [0.2, 0.25) is 0 Å². The van der Waals surface area contributed by atoms with Crippen molar-refractivity contribution in [1.29, 1.82) is 0 Å². The normalized spacial score (nSPS) is 8.28. The minimum atomic E-state index is -0.986. The first-order valence-corrected chi connectivity index (χ1v) is 7.06. The highest BCUT2D eigenvalue weighted by atomic mass is 35.5. The average molecular weight is 324 g/mol. The number of hydrogen-bond donors (Lipinski definition) is 1. The summed E-state index contributed by atoms with van der Waals surface area (Å²) < 4.78 is 4.20. The number of unbranched alkanes of at least 4 members (excludes halogenated alkanes) is 2. The second-order valence-electron chi connectivity index (χ2n) is 2.97. The van der Waals surface area contributed by atoms with E-state index in [1.807, 2.05) is 0 Å². The summed E-state index contributed by atoms with van der Waals surface area (Å²) in [6.07, 6.45) is 3.52. The van der Waals surface area contributed by atoms with Crippen molar-refractivity contribution in [2.75, 3.05) is 18.3 Å². The van der Waals surface area contributed by atoms with Crippen LogP contribution in [-0.2, 0) is 14.3 Å². The van der Waals surface area contributed by atoms with Crippen LogP contribution in [0, 0.1) is 0 Å². The maximum absolute atomic E-state index is 10.2. The summed E-state index contributed by atoms with van der Waals surface area (Å²) in [5, 5.41) is 8.24. The lowest BCUT2D eigenvalue weighted by atomic mass is 10.3. The molecule has 0 unspecified atom stereocenters. The summed E-state index contributed by atoms with van der Waals surface area (Å²) >= 11 is 14.9. The van der Waals surface area contributed by atoms with Gasteiger partial charge in [0.1, 0.15) is 0 Å². The summed E-state index contributed by atoms with van der Waals surface area (Å²) in [7, 11) is 1.23. The number of rotatable bonds is 6. The van der Waals surface area contributed by atoms with Crippen LogP contribution in [-0.4, -0.2) is 35.4 Å². The number of carbonyl (C=O) groups excluding carboxylic acids is 1. The maximum Gasteiger partial charge on any atom is 0.306 e. The molecular weight excluding hydrogens is 302 g/mol. The fraction of sp³-hybridized carbons (Fsp3) is 0.818. The highest BCUT2D eigenvalue weighted by Gasteiger charge is 2.02. The zero-order chi connectivity index (χ0) is 14.8. The van der Waals surface area contributed by atoms with E-state index >= 15 is 0 Å². The van der Waals surface area contributed by atoms with Crippen molar-refractivity contribution >= 4 is 46.7 Å². The number of carboxylic acids is 1. The van der Waals surface area contributed by atoms with Crippen LogP contribution in [0.1, 0.15) is 39.0 Å². The molecular formula is C11H21Cl3O4. The number of methoxy groups -OCH3 is 1. The predicted molar refractivity (Wildman–Crippen MR) is 75.7 cm³/mol. The SMILES string of the molecule is CCCCCCl.COC(=O)CCC(=O)O.ClCCl. The molecule has 0 fully saturated rings. The van der Waals surface area contributed by atoms with Gasteiger partial charge in [-0.2, -0.15) is 0 Å². The molecule has 0 aromatic rings. The molecule has 18 heavy (non-hydrogen) atoms. The van der Waals surface area contributed by atoms with E-state index in [-0.39, 0.29) is 18.2 Å². The van der Waals surface area contributed by atoms with E-state index in [0.717, 1.165) is 5.88 Å². The van der Waals surface area contributed by atoms with Crippen molar-refractivity contribution in [2.24, 2.45) is 0 Å². The van der Waals surface area contributed by atoms with Crippen molar-refractivity contribution in [3.8, 4) is 0 Å². The number of esters is 1. The molecule has 0 bridgehead atoms. The van der Waals surface area contributed by atoms with E-state index in [0.29, 0.717) is 0 Å². The third kappa shape index (κ3) is 36.0. The lowest BCUT2D eigenvalue weighted by molar-refractivity contribution is -0.145. The molecule has 0 heterocycles. The van der Waals surface area contributed by atoms with Gasteiger partial charge in [-0.15, -0.1) is 34.8 Å². The van der Waals surface area contributed by atoms with Gasteiger partial charge in [-0.05, 0) is 6.42 Å². The molecule has 0 aromatic carbocycles. The maximum atomic E-state index is 10.2. The molecule has 0 aliphatic heterocycles. The summed E-state index contributed by atoms with van der Waals surface area (Å²) in [5.74, 6) is -0.647. The quantitative estimate of drug-likeness (QED) is 0.458. The Balaban J connectivity index is -0.000000216.